The van der Waals surface area contributed by atoms with Gasteiger partial charge in [-0.15, -0.1) is 0 Å². The highest BCUT2D eigenvalue weighted by atomic mass is 16.5. The molecule has 1 aliphatic heterocycles. The minimum atomic E-state index is 0.507. The molecule has 1 atom stereocenters. The molecule has 4 heteroatoms. The highest BCUT2D eigenvalue weighted by Crippen LogP contribution is 2.29. The fraction of sp³-hybridized carbons (Fsp3) is 0.438. The van der Waals surface area contributed by atoms with Crippen molar-refractivity contribution >= 4 is 16.6 Å². The fourth-order valence-electron chi connectivity index (χ4n) is 2.88. The third-order valence-corrected chi connectivity index (χ3v) is 4.10. The van der Waals surface area contributed by atoms with E-state index >= 15 is 0 Å². The first-order chi connectivity index (χ1) is 9.79. The van der Waals surface area contributed by atoms with E-state index in [1.54, 1.807) is 7.11 Å². The summed E-state index contributed by atoms with van der Waals surface area (Å²) >= 11 is 0. The number of nitrogens with one attached hydrogen (secondary N) is 1. The lowest BCUT2D eigenvalue weighted by Crippen LogP contribution is -2.44. The van der Waals surface area contributed by atoms with Gasteiger partial charge in [0.2, 0.25) is 0 Å². The number of rotatable bonds is 3. The summed E-state index contributed by atoms with van der Waals surface area (Å²) in [5.74, 6) is 1.91. The first kappa shape index (κ1) is 13.2. The predicted molar refractivity (Wildman–Crippen MR) is 82.6 cm³/mol. The summed E-state index contributed by atoms with van der Waals surface area (Å²) in [6.07, 6.45) is 4.32. The van der Waals surface area contributed by atoms with Crippen LogP contribution in [0.25, 0.3) is 10.8 Å². The lowest BCUT2D eigenvalue weighted by molar-refractivity contribution is 0.415. The maximum absolute atomic E-state index is 5.34. The van der Waals surface area contributed by atoms with Crippen LogP contribution in [0.2, 0.25) is 0 Å². The van der Waals surface area contributed by atoms with Crippen LogP contribution in [0.4, 0.5) is 5.82 Å². The van der Waals surface area contributed by atoms with Crippen LogP contribution in [-0.2, 0) is 0 Å². The Labute approximate surface area is 119 Å². The lowest BCUT2D eigenvalue weighted by Gasteiger charge is -2.33. The van der Waals surface area contributed by atoms with E-state index in [1.807, 2.05) is 18.3 Å². The second-order valence-corrected chi connectivity index (χ2v) is 5.33. The molecule has 1 aromatic carbocycles. The predicted octanol–water partition coefficient (Wildman–Crippen LogP) is 2.43. The van der Waals surface area contributed by atoms with E-state index in [4.69, 9.17) is 4.74 Å². The number of hydrogen-bond acceptors (Lipinski definition) is 4. The average molecular weight is 271 g/mol. The van der Waals surface area contributed by atoms with E-state index in [9.17, 15) is 0 Å². The first-order valence-electron chi connectivity index (χ1n) is 7.16. The Balaban J connectivity index is 2.00. The van der Waals surface area contributed by atoms with Crippen molar-refractivity contribution in [2.24, 2.45) is 0 Å². The summed E-state index contributed by atoms with van der Waals surface area (Å²) in [7, 11) is 3.84. The summed E-state index contributed by atoms with van der Waals surface area (Å²) in [5, 5.41) is 5.82. The minimum absolute atomic E-state index is 0.507. The summed E-state index contributed by atoms with van der Waals surface area (Å²) < 4.78 is 5.34. The van der Waals surface area contributed by atoms with Gasteiger partial charge in [0.25, 0.3) is 0 Å². The zero-order chi connectivity index (χ0) is 13.9. The lowest BCUT2D eigenvalue weighted by atomic mass is 10.1. The molecule has 0 amide bonds. The number of methoxy groups -OCH3 is 1. The molecule has 0 bridgehead atoms. The standard InChI is InChI=1S/C16H21N3O/c1-19(13-4-3-8-17-11-13)16-15-10-14(20-2)6-5-12(15)7-9-18-16/h5-7,9-10,13,17H,3-4,8,11H2,1-2H3. The van der Waals surface area contributed by atoms with Crippen LogP contribution in [-0.4, -0.2) is 38.3 Å². The van der Waals surface area contributed by atoms with Crippen molar-refractivity contribution in [3.8, 4) is 5.75 Å². The number of benzene rings is 1. The Morgan fingerprint density at radius 2 is 2.25 bits per heavy atom. The van der Waals surface area contributed by atoms with Crippen LogP contribution in [0, 0.1) is 0 Å². The van der Waals surface area contributed by atoms with Gasteiger partial charge in [-0.3, -0.25) is 0 Å². The van der Waals surface area contributed by atoms with Crippen LogP contribution < -0.4 is 15.0 Å². The number of aromatic nitrogens is 1. The van der Waals surface area contributed by atoms with E-state index in [0.29, 0.717) is 6.04 Å². The van der Waals surface area contributed by atoms with E-state index in [2.05, 4.69) is 34.4 Å². The van der Waals surface area contributed by atoms with Gasteiger partial charge in [0.05, 0.1) is 7.11 Å². The Bertz CT molecular complexity index is 593. The van der Waals surface area contributed by atoms with Crippen LogP contribution in [0.1, 0.15) is 12.8 Å². The highest BCUT2D eigenvalue weighted by Gasteiger charge is 2.20. The van der Waals surface area contributed by atoms with Crippen LogP contribution in [0.3, 0.4) is 0 Å². The number of hydrogen-bond donors (Lipinski definition) is 1. The molecule has 1 fully saturated rings. The molecular formula is C16H21N3O. The number of ether oxygens (including phenoxy) is 1. The molecule has 1 N–H and O–H groups in total. The van der Waals surface area contributed by atoms with Crippen molar-refractivity contribution in [2.75, 3.05) is 32.1 Å². The molecule has 0 radical (unpaired) electrons. The molecule has 0 spiro atoms. The second kappa shape index (κ2) is 5.67. The molecule has 3 rings (SSSR count). The Hall–Kier alpha value is -1.81. The van der Waals surface area contributed by atoms with Crippen molar-refractivity contribution in [1.29, 1.82) is 0 Å². The van der Waals surface area contributed by atoms with Gasteiger partial charge in [0.1, 0.15) is 11.6 Å². The topological polar surface area (TPSA) is 37.4 Å². The minimum Gasteiger partial charge on any atom is -0.497 e. The van der Waals surface area contributed by atoms with Crippen LogP contribution in [0.15, 0.2) is 30.5 Å². The van der Waals surface area contributed by atoms with Crippen LogP contribution >= 0.6 is 0 Å². The maximum atomic E-state index is 5.34. The molecule has 1 aromatic heterocycles. The second-order valence-electron chi connectivity index (χ2n) is 5.33. The van der Waals surface area contributed by atoms with Gasteiger partial charge in [-0.05, 0) is 43.0 Å². The zero-order valence-corrected chi connectivity index (χ0v) is 12.1. The number of pyridine rings is 1. The molecular weight excluding hydrogens is 250 g/mol. The van der Waals surface area contributed by atoms with Gasteiger partial charge in [0.15, 0.2) is 0 Å². The summed E-state index contributed by atoms with van der Waals surface area (Å²) in [4.78, 5) is 6.90. The molecule has 4 nitrogen and oxygen atoms in total. The van der Waals surface area contributed by atoms with Crippen molar-refractivity contribution in [1.82, 2.24) is 10.3 Å². The quantitative estimate of drug-likeness (QED) is 0.930. The average Bonchev–Trinajstić information content (AvgIpc) is 2.54. The third kappa shape index (κ3) is 2.43. The molecule has 1 aliphatic rings. The highest BCUT2D eigenvalue weighted by molar-refractivity contribution is 5.93. The molecule has 1 saturated heterocycles. The van der Waals surface area contributed by atoms with E-state index < -0.39 is 0 Å². The van der Waals surface area contributed by atoms with E-state index in [1.165, 1.54) is 18.2 Å². The van der Waals surface area contributed by atoms with Gasteiger partial charge in [-0.1, -0.05) is 6.07 Å². The van der Waals surface area contributed by atoms with Gasteiger partial charge < -0.3 is 15.0 Å². The van der Waals surface area contributed by atoms with Crippen molar-refractivity contribution in [3.05, 3.63) is 30.5 Å². The summed E-state index contributed by atoms with van der Waals surface area (Å²) in [6.45, 7) is 2.15. The van der Waals surface area contributed by atoms with Crippen molar-refractivity contribution in [2.45, 2.75) is 18.9 Å². The van der Waals surface area contributed by atoms with E-state index in [-0.39, 0.29) is 0 Å². The van der Waals surface area contributed by atoms with Crippen LogP contribution in [0.5, 0.6) is 5.75 Å². The van der Waals surface area contributed by atoms with Gasteiger partial charge in [-0.25, -0.2) is 4.98 Å². The molecule has 1 unspecified atom stereocenters. The van der Waals surface area contributed by atoms with Gasteiger partial charge in [-0.2, -0.15) is 0 Å². The largest absolute Gasteiger partial charge is 0.497 e. The van der Waals surface area contributed by atoms with Crippen molar-refractivity contribution < 1.29 is 4.74 Å². The van der Waals surface area contributed by atoms with Crippen molar-refractivity contribution in [3.63, 3.8) is 0 Å². The Morgan fingerprint density at radius 1 is 1.35 bits per heavy atom. The normalized spacial score (nSPS) is 19.0. The Kier molecular flexibility index (Phi) is 3.74. The number of likely N-dealkylation sites (N-methyl/N-ethyl adjacent to an activating group) is 1. The first-order valence-corrected chi connectivity index (χ1v) is 7.16. The number of fused-ring (bicyclic) bond motifs is 1. The monoisotopic (exact) mass is 271 g/mol. The zero-order valence-electron chi connectivity index (χ0n) is 12.1. The molecule has 2 aromatic rings. The van der Waals surface area contributed by atoms with Gasteiger partial charge >= 0.3 is 0 Å². The molecule has 0 aliphatic carbocycles. The fourth-order valence-corrected chi connectivity index (χ4v) is 2.88. The Morgan fingerprint density at radius 3 is 3.00 bits per heavy atom. The summed E-state index contributed by atoms with van der Waals surface area (Å²) in [5.41, 5.74) is 0. The SMILES string of the molecule is COc1ccc2ccnc(N(C)C3CCCNC3)c2c1. The third-order valence-electron chi connectivity index (χ3n) is 4.10. The molecule has 20 heavy (non-hydrogen) atoms. The molecule has 2 heterocycles. The smallest absolute Gasteiger partial charge is 0.136 e. The number of anilines is 1. The summed E-state index contributed by atoms with van der Waals surface area (Å²) in [6, 6.07) is 8.71. The number of nitrogens with zero attached hydrogens (tertiary/aromatic N) is 2. The number of piperidine rings is 1. The van der Waals surface area contributed by atoms with Gasteiger partial charge in [0, 0.05) is 31.2 Å². The maximum Gasteiger partial charge on any atom is 0.136 e. The molecule has 0 saturated carbocycles. The van der Waals surface area contributed by atoms with E-state index in [0.717, 1.165) is 30.0 Å². The molecule has 106 valence electrons.